The molecule has 1 aliphatic rings. The Hall–Kier alpha value is -2.85. The molecule has 1 heterocycles. The Morgan fingerprint density at radius 3 is 1.62 bits per heavy atom. The number of carbonyl (C=O) groups excluding carboxylic acids is 4. The minimum atomic E-state index is -1.67. The highest BCUT2D eigenvalue weighted by molar-refractivity contribution is 5.89. The molecule has 15 nitrogen and oxygen atoms in total. The summed E-state index contributed by atoms with van der Waals surface area (Å²) in [4.78, 5) is 64.2. The fourth-order valence-electron chi connectivity index (χ4n) is 8.82. The lowest BCUT2D eigenvalue weighted by atomic mass is 9.85. The lowest BCUT2D eigenvalue weighted by molar-refractivity contribution is -0.269. The summed E-state index contributed by atoms with van der Waals surface area (Å²) < 4.78 is 17.8. The van der Waals surface area contributed by atoms with Crippen molar-refractivity contribution in [2.24, 2.45) is 23.3 Å². The van der Waals surface area contributed by atoms with E-state index in [1.54, 1.807) is 6.92 Å². The van der Waals surface area contributed by atoms with Crippen LogP contribution >= 0.6 is 0 Å². The van der Waals surface area contributed by atoms with Crippen molar-refractivity contribution >= 4 is 29.7 Å². The van der Waals surface area contributed by atoms with Gasteiger partial charge in [0, 0.05) is 19.9 Å². The molecule has 0 aliphatic carbocycles. The van der Waals surface area contributed by atoms with Crippen LogP contribution < -0.4 is 16.8 Å². The molecule has 0 saturated carbocycles. The minimum Gasteiger partial charge on any atom is -0.481 e. The number of nitrogens with one attached hydrogen (secondary N) is 1. The van der Waals surface area contributed by atoms with Crippen LogP contribution in [0.5, 0.6) is 0 Å². The van der Waals surface area contributed by atoms with Gasteiger partial charge in [-0.05, 0) is 39.0 Å². The van der Waals surface area contributed by atoms with Crippen LogP contribution in [0.4, 0.5) is 0 Å². The molecule has 64 heavy (non-hydrogen) atoms. The first-order chi connectivity index (χ1) is 30.5. The number of unbranched alkanes of at least 4 members (excludes halogenated alkanes) is 20. The summed E-state index contributed by atoms with van der Waals surface area (Å²) in [6, 6.07) is -3.65. The number of esters is 1. The quantitative estimate of drug-likeness (QED) is 0.0261. The number of carboxylic acid groups (broad SMARTS) is 1. The molecule has 3 unspecified atom stereocenters. The molecule has 3 amide bonds. The van der Waals surface area contributed by atoms with E-state index in [1.807, 2.05) is 0 Å². The predicted octanol–water partition coefficient (Wildman–Crippen LogP) is 7.44. The van der Waals surface area contributed by atoms with Crippen molar-refractivity contribution in [2.45, 2.75) is 257 Å². The minimum absolute atomic E-state index is 0.0831. The Bertz CT molecular complexity index is 1290. The largest absolute Gasteiger partial charge is 0.481 e. The van der Waals surface area contributed by atoms with E-state index < -0.39 is 78.9 Å². The molecular weight excluding hydrogens is 821 g/mol. The fourth-order valence-corrected chi connectivity index (χ4v) is 8.82. The van der Waals surface area contributed by atoms with E-state index >= 15 is 0 Å². The highest BCUT2D eigenvalue weighted by Gasteiger charge is 2.47. The zero-order chi connectivity index (χ0) is 47.9. The monoisotopic (exact) mass is 913 g/mol. The Morgan fingerprint density at radius 1 is 0.719 bits per heavy atom. The molecule has 0 aromatic carbocycles. The van der Waals surface area contributed by atoms with Crippen molar-refractivity contribution in [3.8, 4) is 0 Å². The number of aliphatic hydroxyl groups is 2. The van der Waals surface area contributed by atoms with Crippen molar-refractivity contribution in [2.75, 3.05) is 13.2 Å². The van der Waals surface area contributed by atoms with Crippen LogP contribution in [0.1, 0.15) is 208 Å². The second-order valence-corrected chi connectivity index (χ2v) is 18.7. The second kappa shape index (κ2) is 35.4. The standard InChI is InChI=1S/C49H92N4O11/c1-7-9-11-13-15-17-19-20-22-24-26-28-30-39(35(3)29-27-25-23-21-18-16-14-12-10-8-2)48(60)62-34-41-44(57)45(43(49(61)64-41)52-38(6)54)63-36(4)33-53(47(59)37(5)50)40(46(51)58)31-32-42(55)56/h35-37,39-41,43-45,49,57,61H,7-34,50H2,1-6H3,(H2,51,58)(H,52,54)(H,55,56)/t35?,36?,37-,39?,40+,41+,43+,44+,45+,49-/m0/s1. The smallest absolute Gasteiger partial charge is 0.309 e. The lowest BCUT2D eigenvalue weighted by Gasteiger charge is -2.44. The van der Waals surface area contributed by atoms with Crippen LogP contribution in [0.2, 0.25) is 0 Å². The molecular formula is C49H92N4O11. The Balaban J connectivity index is 3.03. The van der Waals surface area contributed by atoms with Gasteiger partial charge in [-0.15, -0.1) is 0 Å². The third-order valence-electron chi connectivity index (χ3n) is 12.7. The number of aliphatic hydroxyl groups excluding tert-OH is 2. The van der Waals surface area contributed by atoms with Gasteiger partial charge in [0.1, 0.15) is 37.0 Å². The Labute approximate surface area is 386 Å². The molecule has 374 valence electrons. The Morgan fingerprint density at radius 2 is 1.19 bits per heavy atom. The van der Waals surface area contributed by atoms with Crippen molar-refractivity contribution in [3.63, 3.8) is 0 Å². The first-order valence-corrected chi connectivity index (χ1v) is 25.2. The molecule has 1 fully saturated rings. The highest BCUT2D eigenvalue weighted by Crippen LogP contribution is 2.29. The molecule has 10 atom stereocenters. The zero-order valence-corrected chi connectivity index (χ0v) is 40.8. The number of primary amides is 1. The molecule has 1 saturated heterocycles. The van der Waals surface area contributed by atoms with Gasteiger partial charge in [-0.2, -0.15) is 0 Å². The number of aliphatic carboxylic acids is 1. The van der Waals surface area contributed by atoms with Gasteiger partial charge in [-0.25, -0.2) is 0 Å². The van der Waals surface area contributed by atoms with E-state index in [-0.39, 0.29) is 37.4 Å². The summed E-state index contributed by atoms with van der Waals surface area (Å²) >= 11 is 0. The number of carboxylic acids is 1. The van der Waals surface area contributed by atoms with Crippen LogP contribution in [0.25, 0.3) is 0 Å². The number of hydrogen-bond acceptors (Lipinski definition) is 11. The predicted molar refractivity (Wildman–Crippen MR) is 250 cm³/mol. The van der Waals surface area contributed by atoms with E-state index in [0.29, 0.717) is 6.42 Å². The van der Waals surface area contributed by atoms with Crippen molar-refractivity contribution in [1.29, 1.82) is 0 Å². The summed E-state index contributed by atoms with van der Waals surface area (Å²) in [5, 5.41) is 34.6. The van der Waals surface area contributed by atoms with E-state index in [9.17, 15) is 39.3 Å². The number of rotatable bonds is 39. The van der Waals surface area contributed by atoms with Crippen LogP contribution in [0.15, 0.2) is 0 Å². The van der Waals surface area contributed by atoms with Crippen molar-refractivity contribution in [1.82, 2.24) is 10.2 Å². The van der Waals surface area contributed by atoms with Crippen LogP contribution in [0.3, 0.4) is 0 Å². The number of nitrogens with two attached hydrogens (primary N) is 2. The fraction of sp³-hybridized carbons (Fsp3) is 0.898. The number of carbonyl (C=O) groups is 5. The molecule has 0 aromatic rings. The average molecular weight is 913 g/mol. The van der Waals surface area contributed by atoms with E-state index in [2.05, 4.69) is 26.1 Å². The van der Waals surface area contributed by atoms with Crippen LogP contribution in [0, 0.1) is 11.8 Å². The first kappa shape index (κ1) is 59.2. The van der Waals surface area contributed by atoms with Gasteiger partial charge in [-0.1, -0.05) is 162 Å². The van der Waals surface area contributed by atoms with Crippen molar-refractivity contribution < 1.29 is 53.5 Å². The van der Waals surface area contributed by atoms with E-state index in [1.165, 1.54) is 123 Å². The summed E-state index contributed by atoms with van der Waals surface area (Å²) in [5.74, 6) is -3.99. The molecule has 0 spiro atoms. The zero-order valence-electron chi connectivity index (χ0n) is 40.8. The number of amides is 3. The summed E-state index contributed by atoms with van der Waals surface area (Å²) in [7, 11) is 0. The molecule has 1 aliphatic heterocycles. The topological polar surface area (TPSA) is 241 Å². The van der Waals surface area contributed by atoms with Gasteiger partial charge in [0.25, 0.3) is 0 Å². The van der Waals surface area contributed by atoms with Gasteiger partial charge < -0.3 is 51.2 Å². The van der Waals surface area contributed by atoms with Crippen molar-refractivity contribution in [3.05, 3.63) is 0 Å². The molecule has 1 rings (SSSR count). The van der Waals surface area contributed by atoms with Gasteiger partial charge in [-0.3, -0.25) is 24.0 Å². The van der Waals surface area contributed by atoms with Gasteiger partial charge in [0.15, 0.2) is 6.29 Å². The maximum absolute atomic E-state index is 13.9. The molecule has 8 N–H and O–H groups in total. The van der Waals surface area contributed by atoms with E-state index in [4.69, 9.17) is 25.7 Å². The van der Waals surface area contributed by atoms with E-state index in [0.717, 1.165) is 43.4 Å². The number of nitrogens with zero attached hydrogens (tertiary/aromatic N) is 1. The molecule has 0 aromatic heterocycles. The first-order valence-electron chi connectivity index (χ1n) is 25.2. The Kier molecular flexibility index (Phi) is 32.7. The summed E-state index contributed by atoms with van der Waals surface area (Å²) in [6.45, 7) is 10.1. The van der Waals surface area contributed by atoms with Gasteiger partial charge in [0.2, 0.25) is 17.7 Å². The summed E-state index contributed by atoms with van der Waals surface area (Å²) in [6.07, 6.45) is 21.1. The van der Waals surface area contributed by atoms with Crippen LogP contribution in [-0.2, 0) is 38.2 Å². The molecule has 15 heteroatoms. The maximum Gasteiger partial charge on any atom is 0.309 e. The SMILES string of the molecule is CCCCCCCCCCCCCCC(C(=O)OC[C@H]1O[C@H](O)[C@H](NC(C)=O)[C@@H](OC(C)CN(C(=O)[C@H](C)N)[C@H](CCC(=O)O)C(N)=O)[C@@H]1O)C(C)CCCCCCCCCCCC. The third-order valence-corrected chi connectivity index (χ3v) is 12.7. The second-order valence-electron chi connectivity index (χ2n) is 18.7. The average Bonchev–Trinajstić information content (AvgIpc) is 3.23. The summed E-state index contributed by atoms with van der Waals surface area (Å²) in [5.41, 5.74) is 11.5. The van der Waals surface area contributed by atoms with Crippen LogP contribution in [-0.4, -0.2) is 112 Å². The lowest BCUT2D eigenvalue weighted by Crippen LogP contribution is -2.66. The highest BCUT2D eigenvalue weighted by atomic mass is 16.6. The van der Waals surface area contributed by atoms with Gasteiger partial charge in [0.05, 0.1) is 18.1 Å². The number of hydrogen-bond donors (Lipinski definition) is 6. The normalized spacial score (nSPS) is 21.0. The maximum atomic E-state index is 13.9. The number of ether oxygens (including phenoxy) is 3. The third kappa shape index (κ3) is 25.2. The van der Waals surface area contributed by atoms with Gasteiger partial charge >= 0.3 is 11.9 Å². The molecule has 0 radical (unpaired) electrons. The molecule has 0 bridgehead atoms.